The molecule has 0 radical (unpaired) electrons. The first-order valence-electron chi connectivity index (χ1n) is 8.56. The summed E-state index contributed by atoms with van der Waals surface area (Å²) >= 11 is 0. The molecule has 146 valence electrons. The Balaban J connectivity index is 1.59. The summed E-state index contributed by atoms with van der Waals surface area (Å²) in [6.07, 6.45) is -4.02. The van der Waals surface area contributed by atoms with Crippen LogP contribution in [0.4, 0.5) is 18.0 Å². The second-order valence-electron chi connectivity index (χ2n) is 6.65. The molecule has 1 aromatic carbocycles. The van der Waals surface area contributed by atoms with Crippen molar-refractivity contribution in [2.45, 2.75) is 44.6 Å². The van der Waals surface area contributed by atoms with Crippen LogP contribution in [0.1, 0.15) is 36.6 Å². The number of ether oxygens (including phenoxy) is 1. The largest absolute Gasteiger partial charge is 0.487 e. The molecule has 2 aromatic rings. The fraction of sp³-hybridized carbons (Fsp3) is 0.444. The maximum atomic E-state index is 13.0. The van der Waals surface area contributed by atoms with Gasteiger partial charge in [0.25, 0.3) is 0 Å². The van der Waals surface area contributed by atoms with Gasteiger partial charge in [0.15, 0.2) is 0 Å². The van der Waals surface area contributed by atoms with Crippen molar-refractivity contribution in [2.75, 3.05) is 0 Å². The lowest BCUT2D eigenvalue weighted by atomic mass is 9.94. The number of benzene rings is 1. The van der Waals surface area contributed by atoms with Crippen molar-refractivity contribution in [1.82, 2.24) is 20.4 Å². The highest BCUT2D eigenvalue weighted by Gasteiger charge is 2.37. The van der Waals surface area contributed by atoms with E-state index in [1.165, 1.54) is 7.05 Å². The normalized spacial score (nSPS) is 19.9. The lowest BCUT2D eigenvalue weighted by Gasteiger charge is -2.24. The van der Waals surface area contributed by atoms with Crippen molar-refractivity contribution in [2.24, 2.45) is 7.05 Å². The maximum absolute atomic E-state index is 13.0. The van der Waals surface area contributed by atoms with Crippen LogP contribution in [-0.4, -0.2) is 28.0 Å². The predicted molar refractivity (Wildman–Crippen MR) is 92.3 cm³/mol. The third-order valence-corrected chi connectivity index (χ3v) is 4.80. The van der Waals surface area contributed by atoms with Crippen molar-refractivity contribution in [3.8, 4) is 5.75 Å². The number of nitrogens with zero attached hydrogens (tertiary/aromatic N) is 2. The monoisotopic (exact) mass is 382 g/mol. The summed E-state index contributed by atoms with van der Waals surface area (Å²) in [5, 5.41) is 8.83. The Hall–Kier alpha value is -2.71. The predicted octanol–water partition coefficient (Wildman–Crippen LogP) is 3.19. The molecule has 2 N–H and O–H groups in total. The van der Waals surface area contributed by atoms with Gasteiger partial charge in [-0.05, 0) is 13.0 Å². The number of fused-ring (bicyclic) bond motifs is 1. The first-order valence-corrected chi connectivity index (χ1v) is 8.56. The van der Waals surface area contributed by atoms with Crippen molar-refractivity contribution in [3.05, 3.63) is 47.3 Å². The summed E-state index contributed by atoms with van der Waals surface area (Å²) in [5.74, 6) is 0.874. The summed E-state index contributed by atoms with van der Waals surface area (Å²) in [7, 11) is 1.40. The van der Waals surface area contributed by atoms with E-state index < -0.39 is 17.8 Å². The zero-order valence-corrected chi connectivity index (χ0v) is 15.2. The van der Waals surface area contributed by atoms with Crippen molar-refractivity contribution in [1.29, 1.82) is 0 Å². The molecule has 0 fully saturated rings. The van der Waals surface area contributed by atoms with Gasteiger partial charge < -0.3 is 15.4 Å². The van der Waals surface area contributed by atoms with Crippen LogP contribution in [0.5, 0.6) is 5.75 Å². The van der Waals surface area contributed by atoms with E-state index in [9.17, 15) is 18.0 Å². The van der Waals surface area contributed by atoms with Crippen LogP contribution in [0.15, 0.2) is 30.5 Å². The second-order valence-corrected chi connectivity index (χ2v) is 6.65. The number of urea groups is 1. The Labute approximate surface area is 154 Å². The van der Waals surface area contributed by atoms with Gasteiger partial charge in [-0.3, -0.25) is 4.68 Å². The topological polar surface area (TPSA) is 68.2 Å². The standard InChI is InChI=1S/C18H21F3N4O2/c1-10-12-6-4-5-7-15(12)27-16(10)11(2)24-17(26)22-9-14-13(18(19,20)21)8-23-25(14)3/h4-8,10-11,16H,9H2,1-3H3,(H2,22,24,26). The number of hydrogen-bond acceptors (Lipinski definition) is 3. The minimum Gasteiger partial charge on any atom is -0.487 e. The Morgan fingerprint density at radius 1 is 1.37 bits per heavy atom. The number of halogens is 3. The maximum Gasteiger partial charge on any atom is 0.419 e. The second kappa shape index (κ2) is 7.13. The minimum atomic E-state index is -4.52. The van der Waals surface area contributed by atoms with Crippen LogP contribution >= 0.6 is 0 Å². The van der Waals surface area contributed by atoms with Gasteiger partial charge in [-0.1, -0.05) is 25.1 Å². The molecule has 27 heavy (non-hydrogen) atoms. The van der Waals surface area contributed by atoms with Gasteiger partial charge >= 0.3 is 12.2 Å². The van der Waals surface area contributed by atoms with Gasteiger partial charge in [-0.25, -0.2) is 4.79 Å². The molecule has 1 aromatic heterocycles. The molecule has 3 atom stereocenters. The zero-order chi connectivity index (χ0) is 19.8. The SMILES string of the molecule is CC(NC(=O)NCc1c(C(F)(F)F)cnn1C)C1Oc2ccccc2C1C. The van der Waals surface area contributed by atoms with Gasteiger partial charge in [0, 0.05) is 18.5 Å². The molecular weight excluding hydrogens is 361 g/mol. The third kappa shape index (κ3) is 3.86. The number of alkyl halides is 3. The van der Waals surface area contributed by atoms with Crippen LogP contribution in [0.3, 0.4) is 0 Å². The Bertz CT molecular complexity index is 834. The average molecular weight is 382 g/mol. The van der Waals surface area contributed by atoms with E-state index in [2.05, 4.69) is 15.7 Å². The minimum absolute atomic E-state index is 0.0883. The van der Waals surface area contributed by atoms with E-state index in [0.717, 1.165) is 22.2 Å². The molecule has 1 aliphatic heterocycles. The Morgan fingerprint density at radius 2 is 2.07 bits per heavy atom. The van der Waals surface area contributed by atoms with E-state index in [-0.39, 0.29) is 30.3 Å². The Morgan fingerprint density at radius 3 is 2.74 bits per heavy atom. The van der Waals surface area contributed by atoms with Gasteiger partial charge in [0.2, 0.25) is 0 Å². The number of hydrogen-bond donors (Lipinski definition) is 2. The molecule has 0 spiro atoms. The summed E-state index contributed by atoms with van der Waals surface area (Å²) in [6, 6.07) is 6.76. The number of aryl methyl sites for hydroxylation is 1. The molecule has 0 aliphatic carbocycles. The highest BCUT2D eigenvalue weighted by Crippen LogP contribution is 2.38. The molecule has 9 heteroatoms. The smallest absolute Gasteiger partial charge is 0.419 e. The van der Waals surface area contributed by atoms with Crippen molar-refractivity contribution >= 4 is 6.03 Å². The van der Waals surface area contributed by atoms with E-state index in [1.54, 1.807) is 6.92 Å². The molecule has 3 unspecified atom stereocenters. The summed E-state index contributed by atoms with van der Waals surface area (Å²) in [4.78, 5) is 12.2. The van der Waals surface area contributed by atoms with Crippen molar-refractivity contribution in [3.63, 3.8) is 0 Å². The molecule has 1 aliphatic rings. The van der Waals surface area contributed by atoms with Gasteiger partial charge in [-0.15, -0.1) is 0 Å². The fourth-order valence-corrected chi connectivity index (χ4v) is 3.34. The van der Waals surface area contributed by atoms with E-state index >= 15 is 0 Å². The lowest BCUT2D eigenvalue weighted by molar-refractivity contribution is -0.138. The fourth-order valence-electron chi connectivity index (χ4n) is 3.34. The van der Waals surface area contributed by atoms with Crippen LogP contribution in [0.25, 0.3) is 0 Å². The quantitative estimate of drug-likeness (QED) is 0.853. The molecule has 0 saturated carbocycles. The molecule has 6 nitrogen and oxygen atoms in total. The molecule has 3 rings (SSSR count). The average Bonchev–Trinajstić information content (AvgIpc) is 3.13. The number of amides is 2. The van der Waals surface area contributed by atoms with Crippen molar-refractivity contribution < 1.29 is 22.7 Å². The summed E-state index contributed by atoms with van der Waals surface area (Å²) in [6.45, 7) is 3.53. The number of nitrogens with one attached hydrogen (secondary N) is 2. The van der Waals surface area contributed by atoms with E-state index in [4.69, 9.17) is 4.74 Å². The van der Waals surface area contributed by atoms with Gasteiger partial charge in [0.05, 0.1) is 30.0 Å². The molecule has 2 heterocycles. The molecule has 0 saturated heterocycles. The lowest BCUT2D eigenvalue weighted by Crippen LogP contribution is -2.48. The van der Waals surface area contributed by atoms with Crippen LogP contribution in [0.2, 0.25) is 0 Å². The number of rotatable bonds is 4. The van der Waals surface area contributed by atoms with Gasteiger partial charge in [0.1, 0.15) is 11.9 Å². The molecular formula is C18H21F3N4O2. The highest BCUT2D eigenvalue weighted by atomic mass is 19.4. The first kappa shape index (κ1) is 19.1. The van der Waals surface area contributed by atoms with Crippen LogP contribution in [-0.2, 0) is 19.8 Å². The van der Waals surface area contributed by atoms with Gasteiger partial charge in [-0.2, -0.15) is 18.3 Å². The number of carbonyl (C=O) groups is 1. The number of carbonyl (C=O) groups excluding carboxylic acids is 1. The van der Waals surface area contributed by atoms with E-state index in [1.807, 2.05) is 31.2 Å². The molecule has 0 bridgehead atoms. The molecule has 2 amide bonds. The van der Waals surface area contributed by atoms with E-state index in [0.29, 0.717) is 0 Å². The zero-order valence-electron chi connectivity index (χ0n) is 15.2. The summed E-state index contributed by atoms with van der Waals surface area (Å²) in [5.41, 5.74) is 0.103. The van der Waals surface area contributed by atoms with Crippen LogP contribution < -0.4 is 15.4 Å². The number of aromatic nitrogens is 2. The summed E-state index contributed by atoms with van der Waals surface area (Å²) < 4.78 is 45.9. The first-order chi connectivity index (χ1) is 12.7. The third-order valence-electron chi connectivity index (χ3n) is 4.80. The van der Waals surface area contributed by atoms with Crippen LogP contribution in [0, 0.1) is 0 Å². The Kier molecular flexibility index (Phi) is 5.03. The highest BCUT2D eigenvalue weighted by molar-refractivity contribution is 5.74. The number of para-hydroxylation sites is 1.